The van der Waals surface area contributed by atoms with E-state index in [1.54, 1.807) is 13.3 Å². The highest BCUT2D eigenvalue weighted by Gasteiger charge is 2.12. The van der Waals surface area contributed by atoms with Crippen LogP contribution in [0.15, 0.2) is 41.1 Å². The zero-order valence-electron chi connectivity index (χ0n) is 11.7. The molecule has 6 heteroatoms. The summed E-state index contributed by atoms with van der Waals surface area (Å²) in [4.78, 5) is 8.66. The van der Waals surface area contributed by atoms with Gasteiger partial charge in [-0.3, -0.25) is 4.98 Å². The van der Waals surface area contributed by atoms with Gasteiger partial charge in [-0.05, 0) is 24.3 Å². The molecule has 1 atom stereocenters. The van der Waals surface area contributed by atoms with E-state index in [0.717, 1.165) is 16.5 Å². The van der Waals surface area contributed by atoms with Crippen LogP contribution in [-0.2, 0) is 11.2 Å². The van der Waals surface area contributed by atoms with E-state index >= 15 is 0 Å². The first kappa shape index (κ1) is 13.7. The van der Waals surface area contributed by atoms with Crippen LogP contribution < -0.4 is 5.73 Å². The van der Waals surface area contributed by atoms with Crippen molar-refractivity contribution in [3.05, 3.63) is 42.4 Å². The summed E-state index contributed by atoms with van der Waals surface area (Å²) < 4.78 is 10.2. The molecular weight excluding hydrogens is 268 g/mol. The second-order valence-corrected chi connectivity index (χ2v) is 4.84. The van der Waals surface area contributed by atoms with E-state index in [0.29, 0.717) is 24.7 Å². The standard InChI is InChI=1S/C15H16N4O2/c1-20-9-12(16)8-14-18-15(19-21-14)11-4-5-13-10(7-11)3-2-6-17-13/h2-7,12H,8-9,16H2,1H3. The van der Waals surface area contributed by atoms with E-state index in [1.165, 1.54) is 0 Å². The van der Waals surface area contributed by atoms with E-state index in [9.17, 15) is 0 Å². The van der Waals surface area contributed by atoms with E-state index in [1.807, 2.05) is 30.3 Å². The van der Waals surface area contributed by atoms with Gasteiger partial charge >= 0.3 is 0 Å². The van der Waals surface area contributed by atoms with Crippen molar-refractivity contribution >= 4 is 10.9 Å². The average Bonchev–Trinajstić information content (AvgIpc) is 2.95. The Balaban J connectivity index is 1.84. The van der Waals surface area contributed by atoms with Crippen molar-refractivity contribution in [1.29, 1.82) is 0 Å². The van der Waals surface area contributed by atoms with E-state index in [4.69, 9.17) is 15.0 Å². The van der Waals surface area contributed by atoms with Gasteiger partial charge in [-0.15, -0.1) is 0 Å². The molecule has 2 aromatic heterocycles. The third-order valence-electron chi connectivity index (χ3n) is 3.15. The van der Waals surface area contributed by atoms with E-state index in [2.05, 4.69) is 15.1 Å². The van der Waals surface area contributed by atoms with Crippen LogP contribution in [0.4, 0.5) is 0 Å². The highest BCUT2D eigenvalue weighted by atomic mass is 16.5. The minimum absolute atomic E-state index is 0.149. The number of benzene rings is 1. The average molecular weight is 284 g/mol. The fraction of sp³-hybridized carbons (Fsp3) is 0.267. The van der Waals surface area contributed by atoms with Crippen molar-refractivity contribution in [3.8, 4) is 11.4 Å². The van der Waals surface area contributed by atoms with Crippen molar-refractivity contribution in [2.45, 2.75) is 12.5 Å². The van der Waals surface area contributed by atoms with Crippen LogP contribution in [0.3, 0.4) is 0 Å². The number of fused-ring (bicyclic) bond motifs is 1. The maximum Gasteiger partial charge on any atom is 0.228 e. The molecule has 6 nitrogen and oxygen atoms in total. The zero-order valence-corrected chi connectivity index (χ0v) is 11.7. The summed E-state index contributed by atoms with van der Waals surface area (Å²) in [6.45, 7) is 0.458. The SMILES string of the molecule is COCC(N)Cc1nc(-c2ccc3ncccc3c2)no1. The summed E-state index contributed by atoms with van der Waals surface area (Å²) in [6, 6.07) is 9.62. The zero-order chi connectivity index (χ0) is 14.7. The highest BCUT2D eigenvalue weighted by molar-refractivity contribution is 5.82. The first-order chi connectivity index (χ1) is 10.3. The normalized spacial score (nSPS) is 12.7. The minimum Gasteiger partial charge on any atom is -0.383 e. The number of aromatic nitrogens is 3. The van der Waals surface area contributed by atoms with Crippen LogP contribution in [0, 0.1) is 0 Å². The maximum absolute atomic E-state index is 5.88. The molecule has 1 aromatic carbocycles. The molecule has 3 rings (SSSR count). The lowest BCUT2D eigenvalue weighted by molar-refractivity contribution is 0.176. The number of hydrogen-bond acceptors (Lipinski definition) is 6. The maximum atomic E-state index is 5.88. The van der Waals surface area contributed by atoms with Gasteiger partial charge in [0.15, 0.2) is 0 Å². The first-order valence-corrected chi connectivity index (χ1v) is 6.68. The third kappa shape index (κ3) is 3.07. The lowest BCUT2D eigenvalue weighted by Crippen LogP contribution is -2.28. The van der Waals surface area contributed by atoms with Crippen LogP contribution in [0.2, 0.25) is 0 Å². The van der Waals surface area contributed by atoms with Gasteiger partial charge in [0, 0.05) is 36.7 Å². The largest absolute Gasteiger partial charge is 0.383 e. The Labute approximate surface area is 121 Å². The van der Waals surface area contributed by atoms with Gasteiger partial charge in [-0.2, -0.15) is 4.98 Å². The summed E-state index contributed by atoms with van der Waals surface area (Å²) in [6.07, 6.45) is 2.27. The molecule has 0 bridgehead atoms. The lowest BCUT2D eigenvalue weighted by atomic mass is 10.1. The Kier molecular flexibility index (Phi) is 3.89. The molecule has 108 valence electrons. The number of rotatable bonds is 5. The van der Waals surface area contributed by atoms with Crippen molar-refractivity contribution in [2.75, 3.05) is 13.7 Å². The molecule has 0 saturated carbocycles. The molecule has 0 spiro atoms. The Morgan fingerprint density at radius 3 is 3.10 bits per heavy atom. The van der Waals surface area contributed by atoms with Crippen LogP contribution in [0.25, 0.3) is 22.3 Å². The Morgan fingerprint density at radius 2 is 2.24 bits per heavy atom. The molecule has 2 heterocycles. The molecule has 0 fully saturated rings. The van der Waals surface area contributed by atoms with Gasteiger partial charge in [0.05, 0.1) is 12.1 Å². The minimum atomic E-state index is -0.149. The van der Waals surface area contributed by atoms with Crippen LogP contribution in [0.1, 0.15) is 5.89 Å². The predicted octanol–water partition coefficient (Wildman–Crippen LogP) is 1.80. The molecule has 21 heavy (non-hydrogen) atoms. The molecule has 0 amide bonds. The van der Waals surface area contributed by atoms with Gasteiger partial charge in [0.1, 0.15) is 0 Å². The topological polar surface area (TPSA) is 87.1 Å². The van der Waals surface area contributed by atoms with Crippen molar-refractivity contribution in [2.24, 2.45) is 5.73 Å². The first-order valence-electron chi connectivity index (χ1n) is 6.68. The number of nitrogens with two attached hydrogens (primary N) is 1. The highest BCUT2D eigenvalue weighted by Crippen LogP contribution is 2.21. The van der Waals surface area contributed by atoms with Crippen LogP contribution in [0.5, 0.6) is 0 Å². The molecular formula is C15H16N4O2. The smallest absolute Gasteiger partial charge is 0.228 e. The quantitative estimate of drug-likeness (QED) is 0.768. The summed E-state index contributed by atoms with van der Waals surface area (Å²) >= 11 is 0. The molecule has 0 aliphatic heterocycles. The molecule has 3 aromatic rings. The predicted molar refractivity (Wildman–Crippen MR) is 78.6 cm³/mol. The number of nitrogens with zero attached hydrogens (tertiary/aromatic N) is 3. The number of hydrogen-bond donors (Lipinski definition) is 1. The second-order valence-electron chi connectivity index (χ2n) is 4.84. The van der Waals surface area contributed by atoms with Gasteiger partial charge in [-0.1, -0.05) is 11.2 Å². The molecule has 2 N–H and O–H groups in total. The molecule has 1 unspecified atom stereocenters. The van der Waals surface area contributed by atoms with Crippen molar-refractivity contribution in [3.63, 3.8) is 0 Å². The van der Waals surface area contributed by atoms with Gasteiger partial charge < -0.3 is 15.0 Å². The number of pyridine rings is 1. The molecule has 0 saturated heterocycles. The lowest BCUT2D eigenvalue weighted by Gasteiger charge is -2.05. The second kappa shape index (κ2) is 5.99. The molecule has 0 aliphatic rings. The van der Waals surface area contributed by atoms with Crippen molar-refractivity contribution < 1.29 is 9.26 Å². The molecule has 0 radical (unpaired) electrons. The van der Waals surface area contributed by atoms with Gasteiger partial charge in [-0.25, -0.2) is 0 Å². The Morgan fingerprint density at radius 1 is 1.33 bits per heavy atom. The number of ether oxygens (including phenoxy) is 1. The van der Waals surface area contributed by atoms with E-state index in [-0.39, 0.29) is 6.04 Å². The van der Waals surface area contributed by atoms with Crippen LogP contribution in [-0.4, -0.2) is 34.9 Å². The number of methoxy groups -OCH3 is 1. The van der Waals surface area contributed by atoms with Crippen LogP contribution >= 0.6 is 0 Å². The summed E-state index contributed by atoms with van der Waals surface area (Å²) in [5.41, 5.74) is 7.71. The Hall–Kier alpha value is -2.31. The molecule has 0 aliphatic carbocycles. The van der Waals surface area contributed by atoms with Gasteiger partial charge in [0.25, 0.3) is 0 Å². The van der Waals surface area contributed by atoms with E-state index < -0.39 is 0 Å². The summed E-state index contributed by atoms with van der Waals surface area (Å²) in [5.74, 6) is 1.07. The fourth-order valence-corrected chi connectivity index (χ4v) is 2.17. The van der Waals surface area contributed by atoms with Gasteiger partial charge in [0.2, 0.25) is 11.7 Å². The monoisotopic (exact) mass is 284 g/mol. The summed E-state index contributed by atoms with van der Waals surface area (Å²) in [5, 5.41) is 5.04. The fourth-order valence-electron chi connectivity index (χ4n) is 2.17. The Bertz CT molecular complexity index is 741. The van der Waals surface area contributed by atoms with Crippen molar-refractivity contribution in [1.82, 2.24) is 15.1 Å². The summed E-state index contributed by atoms with van der Waals surface area (Å²) in [7, 11) is 1.61. The third-order valence-corrected chi connectivity index (χ3v) is 3.15.